The third-order valence-electron chi connectivity index (χ3n) is 5.19. The minimum atomic E-state index is 0.659. The summed E-state index contributed by atoms with van der Waals surface area (Å²) in [6.07, 6.45) is 0. The van der Waals surface area contributed by atoms with Crippen LogP contribution in [0.15, 0.2) is 53.5 Å². The Hall–Kier alpha value is -2.57. The first-order chi connectivity index (χ1) is 14.7. The molecule has 0 spiro atoms. The van der Waals surface area contributed by atoms with Crippen LogP contribution in [-0.4, -0.2) is 62.8 Å². The second-order valence-corrected chi connectivity index (χ2v) is 7.58. The SMILES string of the molecule is CCNC(=NCc1cccc(CN2CCOCC2)c1)N(C)Cc1ccc(OC)cc1. The van der Waals surface area contributed by atoms with E-state index < -0.39 is 0 Å². The number of hydrogen-bond donors (Lipinski definition) is 1. The number of nitrogens with zero attached hydrogens (tertiary/aromatic N) is 3. The quantitative estimate of drug-likeness (QED) is 0.535. The van der Waals surface area contributed by atoms with Crippen LogP contribution < -0.4 is 10.1 Å². The van der Waals surface area contributed by atoms with Gasteiger partial charge in [0.2, 0.25) is 0 Å². The predicted molar refractivity (Wildman–Crippen MR) is 122 cm³/mol. The van der Waals surface area contributed by atoms with Gasteiger partial charge in [0.25, 0.3) is 0 Å². The van der Waals surface area contributed by atoms with Crippen molar-refractivity contribution in [2.45, 2.75) is 26.6 Å². The number of aliphatic imine (C=N–C) groups is 1. The van der Waals surface area contributed by atoms with Crippen LogP contribution in [0.2, 0.25) is 0 Å². The van der Waals surface area contributed by atoms with E-state index in [1.54, 1.807) is 7.11 Å². The molecule has 1 fully saturated rings. The van der Waals surface area contributed by atoms with Gasteiger partial charge in [0.05, 0.1) is 26.9 Å². The highest BCUT2D eigenvalue weighted by Crippen LogP contribution is 2.14. The Labute approximate surface area is 180 Å². The van der Waals surface area contributed by atoms with E-state index in [1.807, 2.05) is 12.1 Å². The van der Waals surface area contributed by atoms with Gasteiger partial charge in [0.15, 0.2) is 5.96 Å². The second kappa shape index (κ2) is 11.6. The molecule has 6 nitrogen and oxygen atoms in total. The van der Waals surface area contributed by atoms with Crippen molar-refractivity contribution in [3.8, 4) is 5.75 Å². The maximum absolute atomic E-state index is 5.45. The number of benzene rings is 2. The van der Waals surface area contributed by atoms with Gasteiger partial charge in [-0.1, -0.05) is 36.4 Å². The Kier molecular flexibility index (Phi) is 8.53. The molecule has 2 aromatic carbocycles. The molecule has 0 amide bonds. The van der Waals surface area contributed by atoms with E-state index in [9.17, 15) is 0 Å². The molecule has 0 aromatic heterocycles. The predicted octanol–water partition coefficient (Wildman–Crippen LogP) is 3.12. The third-order valence-corrected chi connectivity index (χ3v) is 5.19. The van der Waals surface area contributed by atoms with Crippen LogP contribution in [0.4, 0.5) is 0 Å². The van der Waals surface area contributed by atoms with E-state index in [4.69, 9.17) is 14.5 Å². The third kappa shape index (κ3) is 6.75. The molecule has 1 aliphatic rings. The summed E-state index contributed by atoms with van der Waals surface area (Å²) in [5, 5.41) is 3.40. The maximum Gasteiger partial charge on any atom is 0.194 e. The van der Waals surface area contributed by atoms with Crippen LogP contribution in [0, 0.1) is 0 Å². The zero-order chi connectivity index (χ0) is 21.2. The topological polar surface area (TPSA) is 49.3 Å². The molecule has 3 rings (SSSR count). The summed E-state index contributed by atoms with van der Waals surface area (Å²) in [4.78, 5) is 9.47. The molecule has 0 aliphatic carbocycles. The monoisotopic (exact) mass is 410 g/mol. The van der Waals surface area contributed by atoms with Gasteiger partial charge in [-0.3, -0.25) is 4.90 Å². The Balaban J connectivity index is 1.62. The van der Waals surface area contributed by atoms with Crippen molar-refractivity contribution in [1.29, 1.82) is 0 Å². The summed E-state index contributed by atoms with van der Waals surface area (Å²) in [5.74, 6) is 1.78. The fraction of sp³-hybridized carbons (Fsp3) is 0.458. The zero-order valence-electron chi connectivity index (χ0n) is 18.4. The molecule has 0 bridgehead atoms. The van der Waals surface area contributed by atoms with Crippen LogP contribution in [0.25, 0.3) is 0 Å². The lowest BCUT2D eigenvalue weighted by Crippen LogP contribution is -2.38. The van der Waals surface area contributed by atoms with Crippen LogP contribution in [-0.2, 0) is 24.4 Å². The number of hydrogen-bond acceptors (Lipinski definition) is 4. The van der Waals surface area contributed by atoms with Crippen LogP contribution in [0.3, 0.4) is 0 Å². The summed E-state index contributed by atoms with van der Waals surface area (Å²) in [7, 11) is 3.76. The first kappa shape index (κ1) is 22.1. The van der Waals surface area contributed by atoms with Crippen molar-refractivity contribution in [3.63, 3.8) is 0 Å². The van der Waals surface area contributed by atoms with Crippen molar-refractivity contribution >= 4 is 5.96 Å². The van der Waals surface area contributed by atoms with Gasteiger partial charge in [0, 0.05) is 39.8 Å². The van der Waals surface area contributed by atoms with E-state index in [1.165, 1.54) is 16.7 Å². The molecule has 0 radical (unpaired) electrons. The number of ether oxygens (including phenoxy) is 2. The molecule has 2 aromatic rings. The summed E-state index contributed by atoms with van der Waals surface area (Å²) < 4.78 is 10.7. The van der Waals surface area contributed by atoms with Gasteiger partial charge in [-0.2, -0.15) is 0 Å². The highest BCUT2D eigenvalue weighted by atomic mass is 16.5. The highest BCUT2D eigenvalue weighted by molar-refractivity contribution is 5.79. The van der Waals surface area contributed by atoms with E-state index in [-0.39, 0.29) is 0 Å². The van der Waals surface area contributed by atoms with Crippen molar-refractivity contribution < 1.29 is 9.47 Å². The van der Waals surface area contributed by atoms with E-state index >= 15 is 0 Å². The van der Waals surface area contributed by atoms with Gasteiger partial charge in [-0.05, 0) is 35.7 Å². The molecule has 0 atom stereocenters. The number of nitrogens with one attached hydrogen (secondary N) is 1. The number of rotatable bonds is 8. The average Bonchev–Trinajstić information content (AvgIpc) is 2.78. The molecule has 162 valence electrons. The largest absolute Gasteiger partial charge is 0.497 e. The van der Waals surface area contributed by atoms with Crippen molar-refractivity contribution in [2.75, 3.05) is 47.0 Å². The standard InChI is InChI=1S/C24H34N4O2/c1-4-25-24(27(2)18-20-8-10-23(29-3)11-9-20)26-17-21-6-5-7-22(16-21)19-28-12-14-30-15-13-28/h5-11,16H,4,12-15,17-19H2,1-3H3,(H,25,26). The molecule has 30 heavy (non-hydrogen) atoms. The molecular formula is C24H34N4O2. The van der Waals surface area contributed by atoms with Gasteiger partial charge < -0.3 is 19.7 Å². The summed E-state index contributed by atoms with van der Waals surface area (Å²) in [5.41, 5.74) is 3.78. The van der Waals surface area contributed by atoms with Crippen LogP contribution in [0.5, 0.6) is 5.75 Å². The number of guanidine groups is 1. The molecule has 1 N–H and O–H groups in total. The highest BCUT2D eigenvalue weighted by Gasteiger charge is 2.11. The molecule has 1 saturated heterocycles. The smallest absolute Gasteiger partial charge is 0.194 e. The van der Waals surface area contributed by atoms with E-state index in [0.29, 0.717) is 6.54 Å². The summed E-state index contributed by atoms with van der Waals surface area (Å²) in [6, 6.07) is 16.9. The molecule has 0 saturated carbocycles. The lowest BCUT2D eigenvalue weighted by Gasteiger charge is -2.26. The van der Waals surface area contributed by atoms with Crippen LogP contribution >= 0.6 is 0 Å². The first-order valence-corrected chi connectivity index (χ1v) is 10.7. The minimum absolute atomic E-state index is 0.659. The fourth-order valence-corrected chi connectivity index (χ4v) is 3.56. The van der Waals surface area contributed by atoms with E-state index in [0.717, 1.165) is 57.6 Å². The minimum Gasteiger partial charge on any atom is -0.497 e. The molecule has 1 heterocycles. The van der Waals surface area contributed by atoms with Gasteiger partial charge in [0.1, 0.15) is 5.75 Å². The first-order valence-electron chi connectivity index (χ1n) is 10.7. The normalized spacial score (nSPS) is 15.1. The Morgan fingerprint density at radius 1 is 1.10 bits per heavy atom. The number of morpholine rings is 1. The lowest BCUT2D eigenvalue weighted by atomic mass is 10.1. The van der Waals surface area contributed by atoms with Gasteiger partial charge >= 0.3 is 0 Å². The van der Waals surface area contributed by atoms with Crippen molar-refractivity contribution in [1.82, 2.24) is 15.1 Å². The number of methoxy groups -OCH3 is 1. The van der Waals surface area contributed by atoms with Crippen LogP contribution in [0.1, 0.15) is 23.6 Å². The fourth-order valence-electron chi connectivity index (χ4n) is 3.56. The Morgan fingerprint density at radius 3 is 2.53 bits per heavy atom. The summed E-state index contributed by atoms with van der Waals surface area (Å²) in [6.45, 7) is 9.01. The summed E-state index contributed by atoms with van der Waals surface area (Å²) >= 11 is 0. The maximum atomic E-state index is 5.45. The Bertz CT molecular complexity index is 801. The molecule has 0 unspecified atom stereocenters. The zero-order valence-corrected chi connectivity index (χ0v) is 18.4. The Morgan fingerprint density at radius 2 is 1.83 bits per heavy atom. The van der Waals surface area contributed by atoms with Gasteiger partial charge in [-0.15, -0.1) is 0 Å². The second-order valence-electron chi connectivity index (χ2n) is 7.58. The van der Waals surface area contributed by atoms with E-state index in [2.05, 4.69) is 65.5 Å². The lowest BCUT2D eigenvalue weighted by molar-refractivity contribution is 0.0342. The molecule has 6 heteroatoms. The molecule has 1 aliphatic heterocycles. The van der Waals surface area contributed by atoms with Crippen molar-refractivity contribution in [3.05, 3.63) is 65.2 Å². The van der Waals surface area contributed by atoms with Gasteiger partial charge in [-0.25, -0.2) is 4.99 Å². The molecular weight excluding hydrogens is 376 g/mol. The average molecular weight is 411 g/mol. The van der Waals surface area contributed by atoms with Crippen molar-refractivity contribution in [2.24, 2.45) is 4.99 Å².